The Hall–Kier alpha value is -0.460. The molecule has 0 saturated heterocycles. The molecule has 0 rings (SSSR count). The SMILES string of the molecule is CCOP(=O)(N[C@@H](CO)C(=O)O)OCC. The molecule has 8 heteroatoms. The van der Waals surface area contributed by atoms with Crippen LogP contribution in [0.15, 0.2) is 0 Å². The van der Waals surface area contributed by atoms with Crippen molar-refractivity contribution in [2.45, 2.75) is 19.9 Å². The third-order valence-electron chi connectivity index (χ3n) is 1.39. The molecule has 0 aromatic heterocycles. The Labute approximate surface area is 88.0 Å². The van der Waals surface area contributed by atoms with E-state index in [4.69, 9.17) is 19.3 Å². The maximum atomic E-state index is 11.8. The van der Waals surface area contributed by atoms with Gasteiger partial charge in [-0.25, -0.2) is 9.65 Å². The Morgan fingerprint density at radius 2 is 1.87 bits per heavy atom. The zero-order chi connectivity index (χ0) is 11.9. The van der Waals surface area contributed by atoms with Gasteiger partial charge < -0.3 is 10.2 Å². The number of hydrogen-bond donors (Lipinski definition) is 3. The van der Waals surface area contributed by atoms with Gasteiger partial charge in [-0.2, -0.15) is 0 Å². The number of aliphatic carboxylic acids is 1. The van der Waals surface area contributed by atoms with Crippen LogP contribution in [0, 0.1) is 0 Å². The normalized spacial score (nSPS) is 13.8. The van der Waals surface area contributed by atoms with Crippen molar-refractivity contribution in [1.82, 2.24) is 5.09 Å². The predicted octanol–water partition coefficient (Wildman–Crippen LogP) is 0.203. The van der Waals surface area contributed by atoms with Gasteiger partial charge in [-0.15, -0.1) is 0 Å². The van der Waals surface area contributed by atoms with Crippen molar-refractivity contribution in [2.75, 3.05) is 19.8 Å². The molecule has 0 bridgehead atoms. The molecular weight excluding hydrogens is 225 g/mol. The number of carbonyl (C=O) groups is 1. The summed E-state index contributed by atoms with van der Waals surface area (Å²) >= 11 is 0. The molecular formula is C7H16NO6P. The van der Waals surface area contributed by atoms with Crippen LogP contribution in [0.25, 0.3) is 0 Å². The number of rotatable bonds is 8. The van der Waals surface area contributed by atoms with Crippen molar-refractivity contribution in [3.63, 3.8) is 0 Å². The molecule has 0 aliphatic rings. The van der Waals surface area contributed by atoms with Gasteiger partial charge in [0.15, 0.2) is 0 Å². The molecule has 0 unspecified atom stereocenters. The number of carboxylic acids is 1. The lowest BCUT2D eigenvalue weighted by Crippen LogP contribution is -2.38. The van der Waals surface area contributed by atoms with Crippen LogP contribution >= 0.6 is 7.75 Å². The monoisotopic (exact) mass is 241 g/mol. The highest BCUT2D eigenvalue weighted by atomic mass is 31.2. The first-order chi connectivity index (χ1) is 6.99. The van der Waals surface area contributed by atoms with Gasteiger partial charge in [0, 0.05) is 0 Å². The van der Waals surface area contributed by atoms with E-state index in [0.29, 0.717) is 0 Å². The molecule has 0 aromatic rings. The number of aliphatic hydroxyl groups is 1. The van der Waals surface area contributed by atoms with Crippen LogP contribution in [-0.2, 0) is 18.4 Å². The minimum atomic E-state index is -3.64. The number of nitrogens with one attached hydrogen (secondary N) is 1. The molecule has 1 atom stereocenters. The fourth-order valence-corrected chi connectivity index (χ4v) is 2.29. The van der Waals surface area contributed by atoms with E-state index in [9.17, 15) is 9.36 Å². The molecule has 90 valence electrons. The lowest BCUT2D eigenvalue weighted by atomic mass is 10.3. The van der Waals surface area contributed by atoms with Crippen LogP contribution in [0.3, 0.4) is 0 Å². The van der Waals surface area contributed by atoms with Gasteiger partial charge in [-0.1, -0.05) is 0 Å². The maximum absolute atomic E-state index is 11.8. The van der Waals surface area contributed by atoms with Crippen LogP contribution < -0.4 is 5.09 Å². The Kier molecular flexibility index (Phi) is 6.71. The third kappa shape index (κ3) is 5.25. The van der Waals surface area contributed by atoms with Gasteiger partial charge >= 0.3 is 13.7 Å². The van der Waals surface area contributed by atoms with Gasteiger partial charge in [0.1, 0.15) is 6.04 Å². The molecule has 0 radical (unpaired) electrons. The zero-order valence-electron chi connectivity index (χ0n) is 8.67. The second-order valence-electron chi connectivity index (χ2n) is 2.54. The summed E-state index contributed by atoms with van der Waals surface area (Å²) in [6.45, 7) is 2.73. The summed E-state index contributed by atoms with van der Waals surface area (Å²) in [4.78, 5) is 10.6. The largest absolute Gasteiger partial charge is 0.480 e. The van der Waals surface area contributed by atoms with Gasteiger partial charge in [-0.05, 0) is 13.8 Å². The number of carboxylic acid groups (broad SMARTS) is 1. The second kappa shape index (κ2) is 6.92. The molecule has 0 spiro atoms. The maximum Gasteiger partial charge on any atom is 0.406 e. The lowest BCUT2D eigenvalue weighted by Gasteiger charge is -2.20. The van der Waals surface area contributed by atoms with Crippen molar-refractivity contribution in [3.05, 3.63) is 0 Å². The number of hydrogen-bond acceptors (Lipinski definition) is 5. The van der Waals surface area contributed by atoms with E-state index in [1.165, 1.54) is 0 Å². The van der Waals surface area contributed by atoms with Crippen LogP contribution in [0.5, 0.6) is 0 Å². The Bertz CT molecular complexity index is 236. The van der Waals surface area contributed by atoms with Gasteiger partial charge in [0.2, 0.25) is 0 Å². The van der Waals surface area contributed by atoms with Crippen molar-refractivity contribution in [2.24, 2.45) is 0 Å². The standard InChI is InChI=1S/C7H16NO6P/c1-3-13-15(12,14-4-2)8-6(5-9)7(10)11/h6,9H,3-5H2,1-2H3,(H,8,12)(H,10,11)/t6-/m0/s1. The summed E-state index contributed by atoms with van der Waals surface area (Å²) in [6, 6.07) is -1.37. The molecule has 0 saturated carbocycles. The minimum absolute atomic E-state index is 0.113. The van der Waals surface area contributed by atoms with E-state index in [0.717, 1.165) is 0 Å². The van der Waals surface area contributed by atoms with Gasteiger partial charge in [-0.3, -0.25) is 13.8 Å². The van der Waals surface area contributed by atoms with E-state index in [-0.39, 0.29) is 13.2 Å². The summed E-state index contributed by atoms with van der Waals surface area (Å²) in [5, 5.41) is 19.5. The average Bonchev–Trinajstić information content (AvgIpc) is 2.14. The summed E-state index contributed by atoms with van der Waals surface area (Å²) in [5.74, 6) is -1.32. The summed E-state index contributed by atoms with van der Waals surface area (Å²) in [5.41, 5.74) is 0. The van der Waals surface area contributed by atoms with Crippen molar-refractivity contribution in [3.8, 4) is 0 Å². The quantitative estimate of drug-likeness (QED) is 0.521. The smallest absolute Gasteiger partial charge is 0.406 e. The molecule has 3 N–H and O–H groups in total. The fourth-order valence-electron chi connectivity index (χ4n) is 0.817. The van der Waals surface area contributed by atoms with Crippen LogP contribution in [-0.4, -0.2) is 42.0 Å². The van der Waals surface area contributed by atoms with Crippen LogP contribution in [0.4, 0.5) is 0 Å². The summed E-state index contributed by atoms with van der Waals surface area (Å²) in [7, 11) is -3.64. The molecule has 0 aromatic carbocycles. The topological polar surface area (TPSA) is 105 Å². The number of aliphatic hydroxyl groups excluding tert-OH is 1. The van der Waals surface area contributed by atoms with Gasteiger partial charge in [0.05, 0.1) is 19.8 Å². The second-order valence-corrected chi connectivity index (χ2v) is 4.31. The first kappa shape index (κ1) is 14.5. The van der Waals surface area contributed by atoms with Crippen LogP contribution in [0.1, 0.15) is 13.8 Å². The molecule has 0 aliphatic heterocycles. The highest BCUT2D eigenvalue weighted by molar-refractivity contribution is 7.51. The Morgan fingerprint density at radius 1 is 1.40 bits per heavy atom. The van der Waals surface area contributed by atoms with E-state index < -0.39 is 26.4 Å². The van der Waals surface area contributed by atoms with Gasteiger partial charge in [0.25, 0.3) is 0 Å². The third-order valence-corrected chi connectivity index (χ3v) is 3.22. The Balaban J connectivity index is 4.50. The highest BCUT2D eigenvalue weighted by Crippen LogP contribution is 2.43. The molecule has 15 heavy (non-hydrogen) atoms. The molecule has 0 fully saturated rings. The molecule has 0 aliphatic carbocycles. The summed E-state index contributed by atoms with van der Waals surface area (Å²) < 4.78 is 21.4. The summed E-state index contributed by atoms with van der Waals surface area (Å²) in [6.07, 6.45) is 0. The highest BCUT2D eigenvalue weighted by Gasteiger charge is 2.30. The van der Waals surface area contributed by atoms with Crippen molar-refractivity contribution >= 4 is 13.7 Å². The fraction of sp³-hybridized carbons (Fsp3) is 0.857. The average molecular weight is 241 g/mol. The zero-order valence-corrected chi connectivity index (χ0v) is 9.57. The van der Waals surface area contributed by atoms with E-state index in [2.05, 4.69) is 5.09 Å². The molecule has 0 amide bonds. The lowest BCUT2D eigenvalue weighted by molar-refractivity contribution is -0.140. The van der Waals surface area contributed by atoms with Crippen molar-refractivity contribution < 1.29 is 28.6 Å². The van der Waals surface area contributed by atoms with E-state index >= 15 is 0 Å². The first-order valence-electron chi connectivity index (χ1n) is 4.49. The Morgan fingerprint density at radius 3 is 2.13 bits per heavy atom. The first-order valence-corrected chi connectivity index (χ1v) is 6.04. The molecule has 7 nitrogen and oxygen atoms in total. The predicted molar refractivity (Wildman–Crippen MR) is 52.5 cm³/mol. The van der Waals surface area contributed by atoms with E-state index in [1.54, 1.807) is 13.8 Å². The minimum Gasteiger partial charge on any atom is -0.480 e. The molecule has 0 heterocycles. The van der Waals surface area contributed by atoms with Crippen molar-refractivity contribution in [1.29, 1.82) is 0 Å². The van der Waals surface area contributed by atoms with E-state index in [1.807, 2.05) is 0 Å². The van der Waals surface area contributed by atoms with Crippen LogP contribution in [0.2, 0.25) is 0 Å².